The maximum atomic E-state index is 12.5. The summed E-state index contributed by atoms with van der Waals surface area (Å²) in [5.41, 5.74) is 1.54. The largest absolute Gasteiger partial charge is 2.00 e. The monoisotopic (exact) mass is 538 g/mol. The smallest absolute Gasteiger partial charge is 0.494 e. The first-order chi connectivity index (χ1) is 17.8. The number of hydrogen-bond acceptors (Lipinski definition) is 3. The minimum atomic E-state index is -0.360. The Labute approximate surface area is 236 Å². The Bertz CT molecular complexity index is 847. The Hall–Kier alpha value is -1.77. The van der Waals surface area contributed by atoms with Gasteiger partial charge in [0.2, 0.25) is 0 Å². The fourth-order valence-electron chi connectivity index (χ4n) is 3.91. The van der Waals surface area contributed by atoms with E-state index in [-0.39, 0.29) is 23.0 Å². The van der Waals surface area contributed by atoms with E-state index in [0.29, 0.717) is 11.3 Å². The van der Waals surface area contributed by atoms with Crippen LogP contribution in [0.4, 0.5) is 0 Å². The number of unbranched alkanes of at least 4 members (excludes halogenated alkanes) is 7. The van der Waals surface area contributed by atoms with Crippen LogP contribution in [0.3, 0.4) is 0 Å². The van der Waals surface area contributed by atoms with E-state index in [0.717, 1.165) is 30.3 Å². The molecule has 0 bridgehead atoms. The molecule has 10 radical (unpaired) electrons. The molecule has 2 aromatic carbocycles. The van der Waals surface area contributed by atoms with Crippen LogP contribution in [0.5, 0.6) is 11.5 Å². The van der Waals surface area contributed by atoms with Gasteiger partial charge in [0, 0.05) is 5.92 Å². The van der Waals surface area contributed by atoms with Gasteiger partial charge in [0.05, 0.1) is 12.2 Å². The molecule has 2 saturated carbocycles. The number of hydrogen-bond donors (Lipinski definition) is 0. The molecule has 2 fully saturated rings. The van der Waals surface area contributed by atoms with Gasteiger partial charge in [0.15, 0.2) is 0 Å². The summed E-state index contributed by atoms with van der Waals surface area (Å²) in [4.78, 5) is 12.5. The van der Waals surface area contributed by atoms with Gasteiger partial charge in [-0.25, -0.2) is 4.79 Å². The fourth-order valence-corrected chi connectivity index (χ4v) is 3.91. The molecule has 0 N–H and O–H groups in total. The number of rotatable bonds is 13. The predicted molar refractivity (Wildman–Crippen MR) is 147 cm³/mol. The molecule has 2 aliphatic carbocycles. The van der Waals surface area contributed by atoms with Crippen LogP contribution in [0.15, 0.2) is 48.5 Å². The molecule has 0 atom stereocenters. The molecule has 0 unspecified atom stereocenters. The van der Waals surface area contributed by atoms with Crippen molar-refractivity contribution in [1.29, 1.82) is 0 Å². The minimum Gasteiger partial charge on any atom is -0.494 e. The number of esters is 1. The van der Waals surface area contributed by atoms with Crippen LogP contribution in [0, 0.1) is 63.7 Å². The molecule has 4 rings (SSSR count). The Morgan fingerprint density at radius 2 is 1.24 bits per heavy atom. The van der Waals surface area contributed by atoms with E-state index < -0.39 is 0 Å². The quantitative estimate of drug-likeness (QED) is 0.112. The number of ether oxygens (including phenoxy) is 2. The summed E-state index contributed by atoms with van der Waals surface area (Å²) in [6.07, 6.45) is 28.3. The molecule has 0 spiro atoms. The first-order valence-electron chi connectivity index (χ1n) is 13.2. The number of carbonyl (C=O) groups is 1. The predicted octanol–water partition coefficient (Wildman–Crippen LogP) is 8.20. The second kappa shape index (κ2) is 19.3. The van der Waals surface area contributed by atoms with Crippen molar-refractivity contribution in [2.45, 2.75) is 58.3 Å². The Morgan fingerprint density at radius 1 is 0.676 bits per heavy atom. The van der Waals surface area contributed by atoms with Crippen LogP contribution in [0.2, 0.25) is 0 Å². The summed E-state index contributed by atoms with van der Waals surface area (Å²) in [5, 5.41) is 0. The first kappa shape index (κ1) is 31.4. The van der Waals surface area contributed by atoms with Crippen molar-refractivity contribution in [1.82, 2.24) is 0 Å². The molecular weight excluding hydrogens is 500 g/mol. The van der Waals surface area contributed by atoms with E-state index >= 15 is 0 Å². The molecule has 3 nitrogen and oxygen atoms in total. The Balaban J connectivity index is 0.000000716. The van der Waals surface area contributed by atoms with Crippen LogP contribution in [0.1, 0.15) is 74.2 Å². The molecule has 0 aromatic heterocycles. The average Bonchev–Trinajstić information content (AvgIpc) is 3.66. The molecule has 0 amide bonds. The molecular formula is C33H38FeO3+2. The van der Waals surface area contributed by atoms with Crippen LogP contribution in [-0.4, -0.2) is 12.6 Å². The van der Waals surface area contributed by atoms with Gasteiger partial charge >= 0.3 is 23.0 Å². The van der Waals surface area contributed by atoms with Gasteiger partial charge in [-0.15, -0.1) is 0 Å². The summed E-state index contributed by atoms with van der Waals surface area (Å²) in [7, 11) is 0. The van der Waals surface area contributed by atoms with Crippen LogP contribution >= 0.6 is 0 Å². The van der Waals surface area contributed by atoms with Crippen molar-refractivity contribution in [2.24, 2.45) is 0 Å². The van der Waals surface area contributed by atoms with E-state index in [1.54, 1.807) is 18.2 Å². The third-order valence-corrected chi connectivity index (χ3v) is 5.95. The van der Waals surface area contributed by atoms with Gasteiger partial charge in [-0.3, -0.25) is 0 Å². The van der Waals surface area contributed by atoms with Gasteiger partial charge < -0.3 is 9.47 Å². The second-order valence-corrected chi connectivity index (χ2v) is 8.90. The fraction of sp³-hybridized carbons (Fsp3) is 0.303. The maximum absolute atomic E-state index is 12.5. The zero-order valence-electron chi connectivity index (χ0n) is 21.8. The minimum absolute atomic E-state index is 0. The maximum Gasteiger partial charge on any atom is 2.00 e. The third-order valence-electron chi connectivity index (χ3n) is 5.95. The SMILES string of the molecule is CCCCCCCCCCOc1ccc(OC(=O)c2cccc([C]3[CH][CH][CH][CH]3)c2)cc1.[CH]1[CH][CH][CH][CH]1.[Fe+2]. The molecule has 2 aromatic rings. The molecule has 0 heterocycles. The number of carbonyl (C=O) groups excluding carboxylic acids is 1. The summed E-state index contributed by atoms with van der Waals surface area (Å²) in [6.45, 7) is 2.97. The van der Waals surface area contributed by atoms with Crippen LogP contribution in [0.25, 0.3) is 0 Å². The first-order valence-corrected chi connectivity index (χ1v) is 13.2. The van der Waals surface area contributed by atoms with Crippen molar-refractivity contribution in [3.63, 3.8) is 0 Å². The standard InChI is InChI=1S/C28H33O3.C5H5.Fe/c1-2-3-4-5-6-7-8-11-21-30-26-17-19-27(20-18-26)31-28(29)25-16-12-15-24(22-25)23-13-9-10-14-23;1-2-4-5-3-1;/h9-10,12-20,22H,2-8,11,21H2,1H3;1-5H;/q;;+2. The third kappa shape index (κ3) is 12.5. The van der Waals surface area contributed by atoms with Crippen molar-refractivity contribution in [2.75, 3.05) is 6.61 Å². The average molecular weight is 539 g/mol. The molecule has 194 valence electrons. The van der Waals surface area contributed by atoms with E-state index in [1.165, 1.54) is 44.9 Å². The summed E-state index contributed by atoms with van der Waals surface area (Å²) < 4.78 is 11.3. The summed E-state index contributed by atoms with van der Waals surface area (Å²) in [5.74, 6) is 2.05. The zero-order valence-corrected chi connectivity index (χ0v) is 22.9. The Morgan fingerprint density at radius 3 is 1.86 bits per heavy atom. The van der Waals surface area contributed by atoms with Gasteiger partial charge in [-0.1, -0.05) is 64.0 Å². The normalized spacial score (nSPS) is 14.9. The molecule has 0 aliphatic heterocycles. The summed E-state index contributed by atoms with van der Waals surface area (Å²) >= 11 is 0. The van der Waals surface area contributed by atoms with Crippen molar-refractivity contribution in [3.8, 4) is 11.5 Å². The zero-order chi connectivity index (χ0) is 25.3. The van der Waals surface area contributed by atoms with E-state index in [4.69, 9.17) is 9.47 Å². The van der Waals surface area contributed by atoms with Gasteiger partial charge in [0.25, 0.3) is 0 Å². The Kier molecular flexibility index (Phi) is 16.4. The van der Waals surface area contributed by atoms with Crippen molar-refractivity contribution in [3.05, 3.63) is 123 Å². The topological polar surface area (TPSA) is 35.5 Å². The van der Waals surface area contributed by atoms with Crippen LogP contribution in [-0.2, 0) is 17.1 Å². The molecule has 0 saturated heterocycles. The summed E-state index contributed by atoms with van der Waals surface area (Å²) in [6, 6.07) is 14.8. The van der Waals surface area contributed by atoms with E-state index in [2.05, 4.69) is 6.92 Å². The van der Waals surface area contributed by atoms with Crippen LogP contribution < -0.4 is 9.47 Å². The molecule has 2 aliphatic rings. The molecule has 4 heteroatoms. The van der Waals surface area contributed by atoms with Gasteiger partial charge in [0.1, 0.15) is 11.5 Å². The second-order valence-electron chi connectivity index (χ2n) is 8.90. The van der Waals surface area contributed by atoms with Gasteiger partial charge in [-0.05, 0) is 106 Å². The van der Waals surface area contributed by atoms with Crippen molar-refractivity contribution >= 4 is 5.97 Å². The van der Waals surface area contributed by atoms with E-state index in [1.807, 2.05) is 88.1 Å². The molecule has 37 heavy (non-hydrogen) atoms. The van der Waals surface area contributed by atoms with E-state index in [9.17, 15) is 4.79 Å². The van der Waals surface area contributed by atoms with Gasteiger partial charge in [-0.2, -0.15) is 0 Å². The van der Waals surface area contributed by atoms with Crippen molar-refractivity contribution < 1.29 is 31.3 Å². The number of benzene rings is 2.